The standard InChI is InChI=1S/C14H18FNO2/c1-14(2)8-11(13(17)18-3)16-12(14)9-4-6-10(15)7-5-9/h4-7,11-12,16H,8H2,1-3H3/t11-,12?/m0/s1. The molecule has 1 aromatic rings. The van der Waals surface area contributed by atoms with E-state index >= 15 is 0 Å². The van der Waals surface area contributed by atoms with E-state index < -0.39 is 0 Å². The van der Waals surface area contributed by atoms with Gasteiger partial charge in [0.05, 0.1) is 7.11 Å². The highest BCUT2D eigenvalue weighted by Crippen LogP contribution is 2.43. The fraction of sp³-hybridized carbons (Fsp3) is 0.500. The van der Waals surface area contributed by atoms with Gasteiger partial charge < -0.3 is 4.74 Å². The average molecular weight is 251 g/mol. The summed E-state index contributed by atoms with van der Waals surface area (Å²) in [6.07, 6.45) is 0.710. The Morgan fingerprint density at radius 2 is 2.00 bits per heavy atom. The molecule has 4 heteroatoms. The molecule has 1 aliphatic heterocycles. The third-order valence-electron chi connectivity index (χ3n) is 3.57. The van der Waals surface area contributed by atoms with Crippen LogP contribution < -0.4 is 5.32 Å². The number of carbonyl (C=O) groups is 1. The molecule has 0 amide bonds. The Hall–Kier alpha value is -1.42. The minimum absolute atomic E-state index is 0.0298. The van der Waals surface area contributed by atoms with Crippen molar-refractivity contribution in [3.05, 3.63) is 35.6 Å². The molecule has 1 fully saturated rings. The van der Waals surface area contributed by atoms with Crippen molar-refractivity contribution in [3.63, 3.8) is 0 Å². The normalized spacial score (nSPS) is 26.0. The first-order valence-electron chi connectivity index (χ1n) is 6.03. The number of hydrogen-bond acceptors (Lipinski definition) is 3. The first kappa shape index (κ1) is 13.0. The predicted molar refractivity (Wildman–Crippen MR) is 66.5 cm³/mol. The molecule has 98 valence electrons. The minimum atomic E-state index is -0.292. The molecule has 2 atom stereocenters. The number of carbonyl (C=O) groups excluding carboxylic acids is 1. The van der Waals surface area contributed by atoms with E-state index in [1.54, 1.807) is 12.1 Å². The molecule has 1 N–H and O–H groups in total. The Bertz CT molecular complexity index is 442. The lowest BCUT2D eigenvalue weighted by Gasteiger charge is -2.26. The number of hydrogen-bond donors (Lipinski definition) is 1. The molecule has 0 bridgehead atoms. The molecule has 18 heavy (non-hydrogen) atoms. The summed E-state index contributed by atoms with van der Waals surface area (Å²) in [7, 11) is 1.39. The van der Waals surface area contributed by atoms with Crippen molar-refractivity contribution in [2.24, 2.45) is 5.41 Å². The van der Waals surface area contributed by atoms with Gasteiger partial charge in [-0.05, 0) is 29.5 Å². The van der Waals surface area contributed by atoms with Crippen LogP contribution in [0.4, 0.5) is 4.39 Å². The van der Waals surface area contributed by atoms with Gasteiger partial charge in [0.1, 0.15) is 11.9 Å². The Morgan fingerprint density at radius 1 is 1.39 bits per heavy atom. The zero-order valence-electron chi connectivity index (χ0n) is 10.9. The van der Waals surface area contributed by atoms with E-state index in [1.165, 1.54) is 19.2 Å². The maximum absolute atomic E-state index is 12.9. The molecule has 1 aromatic carbocycles. The van der Waals surface area contributed by atoms with E-state index in [0.717, 1.165) is 5.56 Å². The minimum Gasteiger partial charge on any atom is -0.468 e. The number of ether oxygens (including phenoxy) is 1. The van der Waals surface area contributed by atoms with E-state index in [1.807, 2.05) is 0 Å². The second-order valence-electron chi connectivity index (χ2n) is 5.42. The highest BCUT2D eigenvalue weighted by molar-refractivity contribution is 5.76. The van der Waals surface area contributed by atoms with Crippen molar-refractivity contribution in [2.45, 2.75) is 32.4 Å². The summed E-state index contributed by atoms with van der Waals surface area (Å²) in [6, 6.07) is 6.14. The van der Waals surface area contributed by atoms with Crippen LogP contribution in [0.3, 0.4) is 0 Å². The summed E-state index contributed by atoms with van der Waals surface area (Å²) in [5.41, 5.74) is 0.921. The molecule has 3 nitrogen and oxygen atoms in total. The molecule has 2 rings (SSSR count). The maximum atomic E-state index is 12.9. The van der Waals surface area contributed by atoms with Gasteiger partial charge in [-0.1, -0.05) is 26.0 Å². The Labute approximate surface area is 106 Å². The highest BCUT2D eigenvalue weighted by Gasteiger charge is 2.43. The van der Waals surface area contributed by atoms with Gasteiger partial charge in [0, 0.05) is 6.04 Å². The van der Waals surface area contributed by atoms with Gasteiger partial charge >= 0.3 is 5.97 Å². The van der Waals surface area contributed by atoms with Gasteiger partial charge in [-0.25, -0.2) is 4.39 Å². The van der Waals surface area contributed by atoms with Crippen LogP contribution in [-0.2, 0) is 9.53 Å². The first-order valence-corrected chi connectivity index (χ1v) is 6.03. The van der Waals surface area contributed by atoms with Gasteiger partial charge in [-0.15, -0.1) is 0 Å². The molecule has 0 radical (unpaired) electrons. The molecule has 1 heterocycles. The summed E-state index contributed by atoms with van der Waals surface area (Å²) in [6.45, 7) is 4.19. The molecule has 0 aromatic heterocycles. The number of methoxy groups -OCH3 is 1. The SMILES string of the molecule is COC(=O)[C@@H]1CC(C)(C)C(c2ccc(F)cc2)N1. The first-order chi connectivity index (χ1) is 8.44. The zero-order valence-corrected chi connectivity index (χ0v) is 10.9. The van der Waals surface area contributed by atoms with Crippen LogP contribution in [0.25, 0.3) is 0 Å². The summed E-state index contributed by atoms with van der Waals surface area (Å²) in [4.78, 5) is 11.6. The number of nitrogens with one attached hydrogen (secondary N) is 1. The van der Waals surface area contributed by atoms with Crippen LogP contribution in [0.1, 0.15) is 31.9 Å². The summed E-state index contributed by atoms with van der Waals surface area (Å²) < 4.78 is 17.7. The number of benzene rings is 1. The number of halogens is 1. The molecule has 1 unspecified atom stereocenters. The monoisotopic (exact) mass is 251 g/mol. The topological polar surface area (TPSA) is 38.3 Å². The van der Waals surface area contributed by atoms with Crippen molar-refractivity contribution >= 4 is 5.97 Å². The van der Waals surface area contributed by atoms with Gasteiger partial charge in [-0.2, -0.15) is 0 Å². The molecular formula is C14H18FNO2. The highest BCUT2D eigenvalue weighted by atomic mass is 19.1. The Morgan fingerprint density at radius 3 is 2.56 bits per heavy atom. The summed E-state index contributed by atoms with van der Waals surface area (Å²) in [5, 5.41) is 3.27. The van der Waals surface area contributed by atoms with Crippen molar-refractivity contribution in [3.8, 4) is 0 Å². The van der Waals surface area contributed by atoms with E-state index in [-0.39, 0.29) is 29.3 Å². The third kappa shape index (κ3) is 2.38. The number of rotatable bonds is 2. The van der Waals surface area contributed by atoms with Crippen molar-refractivity contribution < 1.29 is 13.9 Å². The Balaban J connectivity index is 2.23. The molecular weight excluding hydrogens is 233 g/mol. The molecule has 0 spiro atoms. The van der Waals surface area contributed by atoms with Crippen molar-refractivity contribution in [2.75, 3.05) is 7.11 Å². The van der Waals surface area contributed by atoms with Crippen LogP contribution in [-0.4, -0.2) is 19.1 Å². The third-order valence-corrected chi connectivity index (χ3v) is 3.57. The maximum Gasteiger partial charge on any atom is 0.322 e. The quantitative estimate of drug-likeness (QED) is 0.820. The number of esters is 1. The summed E-state index contributed by atoms with van der Waals surface area (Å²) >= 11 is 0. The zero-order chi connectivity index (χ0) is 13.3. The largest absolute Gasteiger partial charge is 0.468 e. The van der Waals surface area contributed by atoms with Gasteiger partial charge in [0.25, 0.3) is 0 Å². The lowest BCUT2D eigenvalue weighted by molar-refractivity contribution is -0.142. The average Bonchev–Trinajstić information content (AvgIpc) is 2.65. The van der Waals surface area contributed by atoms with Gasteiger partial charge in [0.2, 0.25) is 0 Å². The van der Waals surface area contributed by atoms with Gasteiger partial charge in [-0.3, -0.25) is 10.1 Å². The van der Waals surface area contributed by atoms with Crippen LogP contribution >= 0.6 is 0 Å². The van der Waals surface area contributed by atoms with Crippen molar-refractivity contribution in [1.29, 1.82) is 0 Å². The van der Waals surface area contributed by atoms with Crippen molar-refractivity contribution in [1.82, 2.24) is 5.32 Å². The fourth-order valence-electron chi connectivity index (χ4n) is 2.63. The Kier molecular flexibility index (Phi) is 3.39. The van der Waals surface area contributed by atoms with Crippen LogP contribution in [0.15, 0.2) is 24.3 Å². The van der Waals surface area contributed by atoms with Crippen LogP contribution in [0.5, 0.6) is 0 Å². The van der Waals surface area contributed by atoms with E-state index in [0.29, 0.717) is 6.42 Å². The smallest absolute Gasteiger partial charge is 0.322 e. The lowest BCUT2D eigenvalue weighted by atomic mass is 9.80. The molecule has 1 saturated heterocycles. The summed E-state index contributed by atoms with van der Waals surface area (Å²) in [5.74, 6) is -0.494. The van der Waals surface area contributed by atoms with E-state index in [9.17, 15) is 9.18 Å². The van der Waals surface area contributed by atoms with Crippen LogP contribution in [0.2, 0.25) is 0 Å². The van der Waals surface area contributed by atoms with Crippen LogP contribution in [0, 0.1) is 11.2 Å². The molecule has 0 aliphatic carbocycles. The molecule has 0 saturated carbocycles. The van der Waals surface area contributed by atoms with E-state index in [2.05, 4.69) is 19.2 Å². The second kappa shape index (κ2) is 4.69. The predicted octanol–water partition coefficient (Wildman–Crippen LogP) is 2.43. The second-order valence-corrected chi connectivity index (χ2v) is 5.42. The van der Waals surface area contributed by atoms with Gasteiger partial charge in [0.15, 0.2) is 0 Å². The van der Waals surface area contributed by atoms with E-state index in [4.69, 9.17) is 4.74 Å². The lowest BCUT2D eigenvalue weighted by Crippen LogP contribution is -2.33. The fourth-order valence-corrected chi connectivity index (χ4v) is 2.63. The molecule has 1 aliphatic rings.